The van der Waals surface area contributed by atoms with Crippen LogP contribution in [0.25, 0.3) is 0 Å². The van der Waals surface area contributed by atoms with Crippen LogP contribution in [0.5, 0.6) is 0 Å². The van der Waals surface area contributed by atoms with Crippen molar-refractivity contribution in [3.05, 3.63) is 11.1 Å². The summed E-state index contributed by atoms with van der Waals surface area (Å²) in [4.78, 5) is 16.6. The van der Waals surface area contributed by atoms with Gasteiger partial charge in [0.05, 0.1) is 7.11 Å². The number of hydrogen-bond donors (Lipinski definition) is 0. The van der Waals surface area contributed by atoms with E-state index in [9.17, 15) is 4.79 Å². The zero-order valence-corrected chi connectivity index (χ0v) is 17.9. The second-order valence-corrected chi connectivity index (χ2v) is 9.24. The third-order valence-corrected chi connectivity index (χ3v) is 6.75. The minimum atomic E-state index is -0.0793. The summed E-state index contributed by atoms with van der Waals surface area (Å²) in [6.45, 7) is 10.6. The lowest BCUT2D eigenvalue weighted by atomic mass is 9.71. The summed E-state index contributed by atoms with van der Waals surface area (Å²) in [7, 11) is 5.83. The van der Waals surface area contributed by atoms with Gasteiger partial charge in [-0.1, -0.05) is 25.0 Å². The first-order valence-electron chi connectivity index (χ1n) is 10.4. The Morgan fingerprint density at radius 3 is 2.69 bits per heavy atom. The number of hydrogen-bond acceptors (Lipinski definition) is 4. The Bertz CT molecular complexity index is 510. The van der Waals surface area contributed by atoms with Crippen LogP contribution in [0.1, 0.15) is 65.7 Å². The highest BCUT2D eigenvalue weighted by atomic mass is 16.5. The van der Waals surface area contributed by atoms with E-state index in [4.69, 9.17) is 4.74 Å². The molecule has 2 atom stereocenters. The molecule has 0 saturated carbocycles. The average Bonchev–Trinajstić information content (AvgIpc) is 2.58. The van der Waals surface area contributed by atoms with E-state index in [1.807, 2.05) is 0 Å². The summed E-state index contributed by atoms with van der Waals surface area (Å²) < 4.78 is 4.85. The lowest BCUT2D eigenvalue weighted by molar-refractivity contribution is -0.141. The fourth-order valence-electron chi connectivity index (χ4n) is 5.16. The smallest absolute Gasteiger partial charge is 0.305 e. The van der Waals surface area contributed by atoms with Crippen LogP contribution in [0.15, 0.2) is 11.1 Å². The zero-order chi connectivity index (χ0) is 19.3. The highest BCUT2D eigenvalue weighted by Gasteiger charge is 2.32. The predicted molar refractivity (Wildman–Crippen MR) is 108 cm³/mol. The van der Waals surface area contributed by atoms with Crippen molar-refractivity contribution in [2.45, 2.75) is 71.8 Å². The van der Waals surface area contributed by atoms with Gasteiger partial charge in [-0.15, -0.1) is 0 Å². The highest BCUT2D eigenvalue weighted by molar-refractivity contribution is 5.69. The lowest BCUT2D eigenvalue weighted by Gasteiger charge is -2.42. The molecule has 0 aromatic rings. The number of carbonyl (C=O) groups is 1. The molecule has 2 rings (SSSR count). The third-order valence-electron chi connectivity index (χ3n) is 6.75. The molecule has 4 nitrogen and oxygen atoms in total. The Balaban J connectivity index is 1.95. The zero-order valence-electron chi connectivity index (χ0n) is 17.9. The molecule has 0 amide bonds. The minimum absolute atomic E-state index is 0.0793. The van der Waals surface area contributed by atoms with Gasteiger partial charge in [-0.3, -0.25) is 4.79 Å². The Hall–Kier alpha value is -0.870. The number of nitrogens with zero attached hydrogens (tertiary/aromatic N) is 2. The van der Waals surface area contributed by atoms with E-state index in [0.29, 0.717) is 23.8 Å². The molecule has 1 aliphatic heterocycles. The molecule has 0 bridgehead atoms. The molecule has 150 valence electrons. The van der Waals surface area contributed by atoms with Gasteiger partial charge in [-0.25, -0.2) is 0 Å². The van der Waals surface area contributed by atoms with Crippen LogP contribution in [-0.2, 0) is 9.53 Å². The van der Waals surface area contributed by atoms with E-state index in [-0.39, 0.29) is 5.97 Å². The maximum atomic E-state index is 11.6. The number of allylic oxidation sites excluding steroid dienone is 1. The van der Waals surface area contributed by atoms with Gasteiger partial charge in [0.25, 0.3) is 0 Å². The predicted octanol–water partition coefficient (Wildman–Crippen LogP) is 4.11. The van der Waals surface area contributed by atoms with Gasteiger partial charge in [-0.05, 0) is 77.4 Å². The average molecular weight is 365 g/mol. The molecule has 0 aromatic heterocycles. The van der Waals surface area contributed by atoms with Crippen LogP contribution in [0.2, 0.25) is 0 Å². The SMILES string of the molecule is COC(=O)CC[C@H]1CN(CCC2=C(C)CCCC2(C)C)CC[C@H]1N(C)C. The summed E-state index contributed by atoms with van der Waals surface area (Å²) in [5.74, 6) is 0.469. The van der Waals surface area contributed by atoms with Gasteiger partial charge in [0.1, 0.15) is 0 Å². The van der Waals surface area contributed by atoms with Gasteiger partial charge >= 0.3 is 5.97 Å². The van der Waals surface area contributed by atoms with Crippen molar-refractivity contribution in [1.29, 1.82) is 0 Å². The van der Waals surface area contributed by atoms with E-state index in [2.05, 4.69) is 44.7 Å². The second kappa shape index (κ2) is 9.36. The standard InChI is InChI=1S/C22H40N2O2/c1-17-8-7-13-22(2,3)19(17)11-14-24-15-12-20(23(4)5)18(16-24)9-10-21(25)26-6/h18,20H,7-16H2,1-6H3/t18-,20+/m0/s1. The van der Waals surface area contributed by atoms with Crippen LogP contribution in [-0.4, -0.2) is 62.7 Å². The van der Waals surface area contributed by atoms with Gasteiger partial charge in [0.2, 0.25) is 0 Å². The molecule has 26 heavy (non-hydrogen) atoms. The van der Waals surface area contributed by atoms with Crippen LogP contribution < -0.4 is 0 Å². The van der Waals surface area contributed by atoms with E-state index >= 15 is 0 Å². The number of piperidine rings is 1. The Morgan fingerprint density at radius 1 is 1.35 bits per heavy atom. The molecule has 0 radical (unpaired) electrons. The van der Waals surface area contributed by atoms with Crippen molar-refractivity contribution in [2.24, 2.45) is 11.3 Å². The second-order valence-electron chi connectivity index (χ2n) is 9.24. The van der Waals surface area contributed by atoms with Crippen molar-refractivity contribution in [3.8, 4) is 0 Å². The molecular formula is C22H40N2O2. The molecule has 0 spiro atoms. The Labute approximate surface area is 160 Å². The third kappa shape index (κ3) is 5.56. The number of ether oxygens (including phenoxy) is 1. The fourth-order valence-corrected chi connectivity index (χ4v) is 5.16. The number of esters is 1. The number of rotatable bonds is 7. The maximum Gasteiger partial charge on any atom is 0.305 e. The summed E-state index contributed by atoms with van der Waals surface area (Å²) in [6, 6.07) is 0.572. The van der Waals surface area contributed by atoms with Crippen LogP contribution in [0.4, 0.5) is 0 Å². The number of methoxy groups -OCH3 is 1. The number of likely N-dealkylation sites (tertiary alicyclic amines) is 1. The molecule has 4 heteroatoms. The molecule has 0 aromatic carbocycles. The summed E-state index contributed by atoms with van der Waals surface area (Å²) in [5, 5.41) is 0. The quantitative estimate of drug-likeness (QED) is 0.503. The lowest BCUT2D eigenvalue weighted by Crippen LogP contribution is -2.49. The van der Waals surface area contributed by atoms with Crippen LogP contribution in [0.3, 0.4) is 0 Å². The molecule has 1 saturated heterocycles. The monoisotopic (exact) mass is 364 g/mol. The largest absolute Gasteiger partial charge is 0.469 e. The molecule has 0 N–H and O–H groups in total. The number of carbonyl (C=O) groups excluding carboxylic acids is 1. The maximum absolute atomic E-state index is 11.6. The summed E-state index contributed by atoms with van der Waals surface area (Å²) >= 11 is 0. The Kier molecular flexibility index (Phi) is 7.72. The first-order valence-corrected chi connectivity index (χ1v) is 10.4. The molecule has 0 unspecified atom stereocenters. The Morgan fingerprint density at radius 2 is 2.08 bits per heavy atom. The van der Waals surface area contributed by atoms with Gasteiger partial charge in [-0.2, -0.15) is 0 Å². The summed E-state index contributed by atoms with van der Waals surface area (Å²) in [6.07, 6.45) is 7.81. The normalized spacial score (nSPS) is 27.0. The minimum Gasteiger partial charge on any atom is -0.469 e. The molecular weight excluding hydrogens is 324 g/mol. The van der Waals surface area contributed by atoms with Crippen LogP contribution >= 0.6 is 0 Å². The van der Waals surface area contributed by atoms with Gasteiger partial charge in [0, 0.05) is 25.6 Å². The van der Waals surface area contributed by atoms with Crippen molar-refractivity contribution in [3.63, 3.8) is 0 Å². The fraction of sp³-hybridized carbons (Fsp3) is 0.864. The van der Waals surface area contributed by atoms with Crippen molar-refractivity contribution >= 4 is 5.97 Å². The van der Waals surface area contributed by atoms with Gasteiger partial charge in [0.15, 0.2) is 0 Å². The van der Waals surface area contributed by atoms with E-state index in [1.54, 1.807) is 11.1 Å². The van der Waals surface area contributed by atoms with E-state index in [1.165, 1.54) is 45.8 Å². The topological polar surface area (TPSA) is 32.8 Å². The van der Waals surface area contributed by atoms with Crippen LogP contribution in [0, 0.1) is 11.3 Å². The van der Waals surface area contributed by atoms with E-state index in [0.717, 1.165) is 19.5 Å². The van der Waals surface area contributed by atoms with Crippen molar-refractivity contribution in [2.75, 3.05) is 40.8 Å². The molecule has 1 fully saturated rings. The molecule has 2 aliphatic rings. The molecule has 1 heterocycles. The van der Waals surface area contributed by atoms with Gasteiger partial charge < -0.3 is 14.5 Å². The molecule has 1 aliphatic carbocycles. The highest BCUT2D eigenvalue weighted by Crippen LogP contribution is 2.42. The first kappa shape index (κ1) is 21.4. The summed E-state index contributed by atoms with van der Waals surface area (Å²) in [5.41, 5.74) is 3.70. The van der Waals surface area contributed by atoms with Crippen molar-refractivity contribution < 1.29 is 9.53 Å². The van der Waals surface area contributed by atoms with Crippen molar-refractivity contribution in [1.82, 2.24) is 9.80 Å². The first-order chi connectivity index (χ1) is 12.2. The van der Waals surface area contributed by atoms with E-state index < -0.39 is 0 Å².